The van der Waals surface area contributed by atoms with Gasteiger partial charge < -0.3 is 10.5 Å². The van der Waals surface area contributed by atoms with Gasteiger partial charge in [0.15, 0.2) is 0 Å². The van der Waals surface area contributed by atoms with Crippen LogP contribution in [-0.4, -0.2) is 7.11 Å². The molecule has 2 N–H and O–H groups in total. The van der Waals surface area contributed by atoms with Crippen molar-refractivity contribution in [3.05, 3.63) is 29.3 Å². The summed E-state index contributed by atoms with van der Waals surface area (Å²) >= 11 is 0. The molecule has 1 atom stereocenters. The Morgan fingerprint density at radius 2 is 2.27 bits per heavy atom. The number of aryl methyl sites for hydroxylation is 1. The van der Waals surface area contributed by atoms with E-state index in [2.05, 4.69) is 12.0 Å². The number of hydrogen-bond acceptors (Lipinski definition) is 2. The molecule has 0 radical (unpaired) electrons. The van der Waals surface area contributed by atoms with Crippen LogP contribution in [0.5, 0.6) is 5.75 Å². The maximum atomic E-state index is 6.05. The van der Waals surface area contributed by atoms with Crippen LogP contribution in [0.15, 0.2) is 18.2 Å². The average Bonchev–Trinajstić information content (AvgIpc) is 2.25. The Kier molecular flexibility index (Phi) is 4.20. The maximum Gasteiger partial charge on any atom is 0.123 e. The van der Waals surface area contributed by atoms with Gasteiger partial charge in [-0.1, -0.05) is 17.7 Å². The second kappa shape index (κ2) is 5.43. The smallest absolute Gasteiger partial charge is 0.123 e. The number of methoxy groups -OCH3 is 1. The van der Waals surface area contributed by atoms with Crippen molar-refractivity contribution in [2.45, 2.75) is 25.8 Å². The molecule has 1 rings (SSSR count). The van der Waals surface area contributed by atoms with Gasteiger partial charge in [-0.3, -0.25) is 0 Å². The van der Waals surface area contributed by atoms with Crippen molar-refractivity contribution in [3.8, 4) is 18.1 Å². The van der Waals surface area contributed by atoms with Gasteiger partial charge in [0.05, 0.1) is 7.11 Å². The molecule has 0 aromatic heterocycles. The Labute approximate surface area is 91.4 Å². The molecule has 1 aromatic carbocycles. The standard InChI is InChI=1S/C13H17NO/c1-4-5-6-12(14)11-9-10(2)7-8-13(11)15-3/h1,7-9,12H,5-6,14H2,2-3H3. The number of benzene rings is 1. The molecule has 0 aliphatic heterocycles. The lowest BCUT2D eigenvalue weighted by atomic mass is 10.00. The SMILES string of the molecule is C#CCCC(N)c1cc(C)ccc1OC. The molecule has 1 aromatic rings. The minimum Gasteiger partial charge on any atom is -0.496 e. The van der Waals surface area contributed by atoms with Crippen LogP contribution in [-0.2, 0) is 0 Å². The van der Waals surface area contributed by atoms with E-state index in [1.165, 1.54) is 5.56 Å². The molecule has 0 amide bonds. The highest BCUT2D eigenvalue weighted by molar-refractivity contribution is 5.39. The molecule has 0 fully saturated rings. The molecule has 80 valence electrons. The number of ether oxygens (including phenoxy) is 1. The van der Waals surface area contributed by atoms with Crippen molar-refractivity contribution < 1.29 is 4.74 Å². The molecule has 0 heterocycles. The van der Waals surface area contributed by atoms with E-state index in [9.17, 15) is 0 Å². The summed E-state index contributed by atoms with van der Waals surface area (Å²) in [6.45, 7) is 2.04. The fraction of sp³-hybridized carbons (Fsp3) is 0.385. The van der Waals surface area contributed by atoms with Crippen LogP contribution in [0.1, 0.15) is 30.0 Å². The zero-order chi connectivity index (χ0) is 11.3. The minimum absolute atomic E-state index is 0.0455. The maximum absolute atomic E-state index is 6.05. The Hall–Kier alpha value is -1.46. The van der Waals surface area contributed by atoms with Crippen LogP contribution < -0.4 is 10.5 Å². The van der Waals surface area contributed by atoms with Gasteiger partial charge in [0.2, 0.25) is 0 Å². The summed E-state index contributed by atoms with van der Waals surface area (Å²) in [6, 6.07) is 5.97. The largest absolute Gasteiger partial charge is 0.496 e. The number of rotatable bonds is 4. The summed E-state index contributed by atoms with van der Waals surface area (Å²) in [4.78, 5) is 0. The molecule has 0 saturated heterocycles. The minimum atomic E-state index is -0.0455. The summed E-state index contributed by atoms with van der Waals surface area (Å²) in [5.74, 6) is 3.44. The molecular formula is C13H17NO. The van der Waals surface area contributed by atoms with Crippen molar-refractivity contribution in [3.63, 3.8) is 0 Å². The Morgan fingerprint density at radius 1 is 1.53 bits per heavy atom. The van der Waals surface area contributed by atoms with E-state index in [4.69, 9.17) is 16.9 Å². The molecular weight excluding hydrogens is 186 g/mol. The summed E-state index contributed by atoms with van der Waals surface area (Å²) < 4.78 is 5.27. The van der Waals surface area contributed by atoms with Gasteiger partial charge in [-0.25, -0.2) is 0 Å². The summed E-state index contributed by atoms with van der Waals surface area (Å²) in [6.07, 6.45) is 6.70. The summed E-state index contributed by atoms with van der Waals surface area (Å²) in [5.41, 5.74) is 8.27. The zero-order valence-electron chi connectivity index (χ0n) is 9.29. The molecule has 15 heavy (non-hydrogen) atoms. The van der Waals surface area contributed by atoms with E-state index in [1.807, 2.05) is 19.1 Å². The van der Waals surface area contributed by atoms with E-state index in [0.717, 1.165) is 17.7 Å². The van der Waals surface area contributed by atoms with E-state index < -0.39 is 0 Å². The van der Waals surface area contributed by atoms with Crippen LogP contribution >= 0.6 is 0 Å². The van der Waals surface area contributed by atoms with Crippen LogP contribution in [0.3, 0.4) is 0 Å². The van der Waals surface area contributed by atoms with Crippen LogP contribution in [0.25, 0.3) is 0 Å². The molecule has 0 aliphatic rings. The second-order valence-corrected chi connectivity index (χ2v) is 3.59. The third-order valence-corrected chi connectivity index (χ3v) is 2.38. The van der Waals surface area contributed by atoms with Gasteiger partial charge in [-0.05, 0) is 19.4 Å². The van der Waals surface area contributed by atoms with Gasteiger partial charge in [-0.15, -0.1) is 12.3 Å². The fourth-order valence-corrected chi connectivity index (χ4v) is 1.54. The van der Waals surface area contributed by atoms with Gasteiger partial charge in [0, 0.05) is 18.0 Å². The van der Waals surface area contributed by atoms with Crippen molar-refractivity contribution in [1.82, 2.24) is 0 Å². The van der Waals surface area contributed by atoms with E-state index in [1.54, 1.807) is 7.11 Å². The van der Waals surface area contributed by atoms with Gasteiger partial charge in [-0.2, -0.15) is 0 Å². The first-order chi connectivity index (χ1) is 7.19. The Bertz CT molecular complexity index is 365. The molecule has 0 aliphatic carbocycles. The van der Waals surface area contributed by atoms with Crippen molar-refractivity contribution >= 4 is 0 Å². The summed E-state index contributed by atoms with van der Waals surface area (Å²) in [5, 5.41) is 0. The highest BCUT2D eigenvalue weighted by atomic mass is 16.5. The zero-order valence-corrected chi connectivity index (χ0v) is 9.29. The van der Waals surface area contributed by atoms with Gasteiger partial charge >= 0.3 is 0 Å². The average molecular weight is 203 g/mol. The molecule has 0 spiro atoms. The predicted molar refractivity (Wildman–Crippen MR) is 62.7 cm³/mol. The van der Waals surface area contributed by atoms with E-state index >= 15 is 0 Å². The topological polar surface area (TPSA) is 35.2 Å². The summed E-state index contributed by atoms with van der Waals surface area (Å²) in [7, 11) is 1.65. The van der Waals surface area contributed by atoms with E-state index in [0.29, 0.717) is 6.42 Å². The fourth-order valence-electron chi connectivity index (χ4n) is 1.54. The van der Waals surface area contributed by atoms with E-state index in [-0.39, 0.29) is 6.04 Å². The monoisotopic (exact) mass is 203 g/mol. The number of nitrogens with two attached hydrogens (primary N) is 1. The molecule has 2 heteroatoms. The van der Waals surface area contributed by atoms with Crippen molar-refractivity contribution in [2.24, 2.45) is 5.73 Å². The third kappa shape index (κ3) is 3.00. The Morgan fingerprint density at radius 3 is 2.87 bits per heavy atom. The lowest BCUT2D eigenvalue weighted by molar-refractivity contribution is 0.404. The van der Waals surface area contributed by atoms with Gasteiger partial charge in [0.1, 0.15) is 5.75 Å². The molecule has 1 unspecified atom stereocenters. The lowest BCUT2D eigenvalue weighted by Gasteiger charge is -2.15. The normalized spacial score (nSPS) is 11.9. The lowest BCUT2D eigenvalue weighted by Crippen LogP contribution is -2.11. The van der Waals surface area contributed by atoms with Crippen LogP contribution in [0.4, 0.5) is 0 Å². The molecule has 0 saturated carbocycles. The van der Waals surface area contributed by atoms with Crippen LogP contribution in [0.2, 0.25) is 0 Å². The number of terminal acetylenes is 1. The number of hydrogen-bond donors (Lipinski definition) is 1. The second-order valence-electron chi connectivity index (χ2n) is 3.59. The van der Waals surface area contributed by atoms with Gasteiger partial charge in [0.25, 0.3) is 0 Å². The quantitative estimate of drug-likeness (QED) is 0.763. The molecule has 2 nitrogen and oxygen atoms in total. The van der Waals surface area contributed by atoms with Crippen molar-refractivity contribution in [1.29, 1.82) is 0 Å². The highest BCUT2D eigenvalue weighted by Gasteiger charge is 2.11. The predicted octanol–water partition coefficient (Wildman–Crippen LogP) is 2.42. The first kappa shape index (κ1) is 11.6. The third-order valence-electron chi connectivity index (χ3n) is 2.38. The first-order valence-electron chi connectivity index (χ1n) is 5.02. The van der Waals surface area contributed by atoms with Crippen molar-refractivity contribution in [2.75, 3.05) is 7.11 Å². The highest BCUT2D eigenvalue weighted by Crippen LogP contribution is 2.27. The first-order valence-corrected chi connectivity index (χ1v) is 5.02. The Balaban J connectivity index is 2.90. The molecule has 0 bridgehead atoms. The van der Waals surface area contributed by atoms with Crippen LogP contribution in [0, 0.1) is 19.3 Å².